The van der Waals surface area contributed by atoms with Gasteiger partial charge in [-0.1, -0.05) is 0 Å². The van der Waals surface area contributed by atoms with Crippen molar-refractivity contribution in [3.8, 4) is 0 Å². The minimum atomic E-state index is -0.281. The van der Waals surface area contributed by atoms with E-state index in [-0.39, 0.29) is 11.1 Å². The Morgan fingerprint density at radius 2 is 1.95 bits per heavy atom. The maximum Gasteiger partial charge on any atom is 0.233 e. The van der Waals surface area contributed by atoms with E-state index >= 15 is 0 Å². The average Bonchev–Trinajstić information content (AvgIpc) is 2.95. The predicted molar refractivity (Wildman–Crippen MR) is 88.7 cm³/mol. The van der Waals surface area contributed by atoms with Crippen molar-refractivity contribution in [2.24, 2.45) is 0 Å². The minimum absolute atomic E-state index is 0.145. The molecule has 1 aliphatic rings. The van der Waals surface area contributed by atoms with Gasteiger partial charge in [0.1, 0.15) is 5.82 Å². The molecule has 5 nitrogen and oxygen atoms in total. The smallest absolute Gasteiger partial charge is 0.233 e. The standard InChI is InChI=1S/C13H12ClFIN5/c14-11-18-12(17-10-4-3-8(15)7-9(10)16)20-13(19-11)21-5-1-2-6-21/h3-4,7H,1-2,5-6H2,(H,17,18,19,20). The van der Waals surface area contributed by atoms with Crippen LogP contribution in [-0.2, 0) is 0 Å². The molecule has 8 heteroatoms. The maximum absolute atomic E-state index is 13.1. The minimum Gasteiger partial charge on any atom is -0.341 e. The van der Waals surface area contributed by atoms with Gasteiger partial charge >= 0.3 is 0 Å². The van der Waals surface area contributed by atoms with Crippen LogP contribution in [0.4, 0.5) is 22.0 Å². The molecule has 1 fully saturated rings. The van der Waals surface area contributed by atoms with Crippen molar-refractivity contribution in [1.29, 1.82) is 0 Å². The van der Waals surface area contributed by atoms with E-state index in [0.29, 0.717) is 11.9 Å². The lowest BCUT2D eigenvalue weighted by molar-refractivity contribution is 0.627. The fourth-order valence-corrected chi connectivity index (χ4v) is 2.93. The summed E-state index contributed by atoms with van der Waals surface area (Å²) in [6.45, 7) is 1.85. The van der Waals surface area contributed by atoms with Crippen LogP contribution in [-0.4, -0.2) is 28.0 Å². The van der Waals surface area contributed by atoms with E-state index in [1.54, 1.807) is 6.07 Å². The van der Waals surface area contributed by atoms with Crippen molar-refractivity contribution in [2.45, 2.75) is 12.8 Å². The Morgan fingerprint density at radius 3 is 2.67 bits per heavy atom. The number of hydrogen-bond donors (Lipinski definition) is 1. The molecule has 0 radical (unpaired) electrons. The number of rotatable bonds is 3. The molecular formula is C13H12ClFIN5. The molecule has 110 valence electrons. The van der Waals surface area contributed by atoms with Crippen LogP contribution >= 0.6 is 34.2 Å². The van der Waals surface area contributed by atoms with E-state index in [1.807, 2.05) is 0 Å². The highest BCUT2D eigenvalue weighted by Crippen LogP contribution is 2.24. The SMILES string of the molecule is Fc1ccc(Nc2nc(Cl)nc(N3CCCC3)n2)c(I)c1. The van der Waals surface area contributed by atoms with Gasteiger partial charge in [0.2, 0.25) is 17.2 Å². The van der Waals surface area contributed by atoms with Crippen molar-refractivity contribution in [1.82, 2.24) is 15.0 Å². The summed E-state index contributed by atoms with van der Waals surface area (Å²) in [6, 6.07) is 4.46. The summed E-state index contributed by atoms with van der Waals surface area (Å²) in [4.78, 5) is 14.7. The fraction of sp³-hybridized carbons (Fsp3) is 0.308. The van der Waals surface area contributed by atoms with Crippen molar-refractivity contribution < 1.29 is 4.39 Å². The molecule has 0 amide bonds. The van der Waals surface area contributed by atoms with Gasteiger partial charge in [0.25, 0.3) is 0 Å². The second kappa shape index (κ2) is 6.27. The molecule has 1 N–H and O–H groups in total. The Bertz CT molecular complexity index is 663. The molecule has 0 unspecified atom stereocenters. The number of hydrogen-bond acceptors (Lipinski definition) is 5. The van der Waals surface area contributed by atoms with Crippen LogP contribution in [0, 0.1) is 9.39 Å². The van der Waals surface area contributed by atoms with Gasteiger partial charge in [0.05, 0.1) is 5.69 Å². The molecule has 1 aromatic heterocycles. The van der Waals surface area contributed by atoms with Gasteiger partial charge in [-0.2, -0.15) is 15.0 Å². The summed E-state index contributed by atoms with van der Waals surface area (Å²) in [5, 5.41) is 3.20. The second-order valence-electron chi connectivity index (χ2n) is 4.67. The van der Waals surface area contributed by atoms with Gasteiger partial charge in [-0.15, -0.1) is 0 Å². The van der Waals surface area contributed by atoms with Crippen molar-refractivity contribution in [3.05, 3.63) is 32.9 Å². The maximum atomic E-state index is 13.1. The van der Waals surface area contributed by atoms with Crippen LogP contribution in [0.2, 0.25) is 5.28 Å². The zero-order valence-corrected chi connectivity index (χ0v) is 13.9. The molecule has 2 aromatic rings. The average molecular weight is 420 g/mol. The van der Waals surface area contributed by atoms with Crippen LogP contribution < -0.4 is 10.2 Å². The Hall–Kier alpha value is -1.22. The summed E-state index contributed by atoms with van der Waals surface area (Å²) >= 11 is 8.02. The molecular weight excluding hydrogens is 408 g/mol. The summed E-state index contributed by atoms with van der Waals surface area (Å²) < 4.78 is 13.9. The van der Waals surface area contributed by atoms with Gasteiger partial charge in [0, 0.05) is 16.7 Å². The fourth-order valence-electron chi connectivity index (χ4n) is 2.17. The molecule has 1 aliphatic heterocycles. The zero-order chi connectivity index (χ0) is 14.8. The van der Waals surface area contributed by atoms with Crippen molar-refractivity contribution >= 4 is 51.8 Å². The van der Waals surface area contributed by atoms with Gasteiger partial charge in [0.15, 0.2) is 0 Å². The highest BCUT2D eigenvalue weighted by atomic mass is 127. The number of benzene rings is 1. The molecule has 0 spiro atoms. The molecule has 0 bridgehead atoms. The van der Waals surface area contributed by atoms with Gasteiger partial charge in [-0.05, 0) is 65.2 Å². The number of halogens is 3. The first kappa shape index (κ1) is 14.7. The number of anilines is 3. The summed E-state index contributed by atoms with van der Waals surface area (Å²) in [7, 11) is 0. The van der Waals surface area contributed by atoms with Crippen LogP contribution in [0.5, 0.6) is 0 Å². The zero-order valence-electron chi connectivity index (χ0n) is 11.0. The van der Waals surface area contributed by atoms with Crippen LogP contribution in [0.3, 0.4) is 0 Å². The molecule has 2 heterocycles. The molecule has 0 saturated carbocycles. The van der Waals surface area contributed by atoms with Gasteiger partial charge < -0.3 is 10.2 Å². The largest absolute Gasteiger partial charge is 0.341 e. The Balaban J connectivity index is 1.87. The summed E-state index contributed by atoms with van der Waals surface area (Å²) in [6.07, 6.45) is 2.25. The summed E-state index contributed by atoms with van der Waals surface area (Å²) in [5.41, 5.74) is 0.728. The van der Waals surface area contributed by atoms with E-state index in [4.69, 9.17) is 11.6 Å². The molecule has 1 aromatic carbocycles. The van der Waals surface area contributed by atoms with Gasteiger partial charge in [-0.25, -0.2) is 4.39 Å². The number of aromatic nitrogens is 3. The third kappa shape index (κ3) is 3.52. The van der Waals surface area contributed by atoms with Crippen LogP contribution in [0.15, 0.2) is 18.2 Å². The first-order valence-electron chi connectivity index (χ1n) is 6.50. The monoisotopic (exact) mass is 419 g/mol. The highest BCUT2D eigenvalue weighted by molar-refractivity contribution is 14.1. The Kier molecular flexibility index (Phi) is 4.39. The summed E-state index contributed by atoms with van der Waals surface area (Å²) in [5.74, 6) is 0.657. The molecule has 21 heavy (non-hydrogen) atoms. The topological polar surface area (TPSA) is 53.9 Å². The molecule has 1 saturated heterocycles. The molecule has 3 rings (SSSR count). The normalized spacial score (nSPS) is 14.5. The second-order valence-corrected chi connectivity index (χ2v) is 6.17. The van der Waals surface area contributed by atoms with E-state index in [9.17, 15) is 4.39 Å². The Morgan fingerprint density at radius 1 is 1.19 bits per heavy atom. The van der Waals surface area contributed by atoms with E-state index < -0.39 is 0 Å². The Labute approximate surface area is 140 Å². The lowest BCUT2D eigenvalue weighted by Crippen LogP contribution is -2.21. The molecule has 0 aliphatic carbocycles. The first-order valence-corrected chi connectivity index (χ1v) is 7.96. The third-order valence-corrected chi connectivity index (χ3v) is 4.22. The van der Waals surface area contributed by atoms with E-state index in [1.165, 1.54) is 12.1 Å². The van der Waals surface area contributed by atoms with Crippen molar-refractivity contribution in [3.63, 3.8) is 0 Å². The molecule has 0 atom stereocenters. The number of nitrogens with zero attached hydrogens (tertiary/aromatic N) is 4. The van der Waals surface area contributed by atoms with Crippen molar-refractivity contribution in [2.75, 3.05) is 23.3 Å². The third-order valence-electron chi connectivity index (χ3n) is 3.16. The lowest BCUT2D eigenvalue weighted by atomic mass is 10.3. The predicted octanol–water partition coefficient (Wildman–Crippen LogP) is 3.61. The highest BCUT2D eigenvalue weighted by Gasteiger charge is 2.17. The van der Waals surface area contributed by atoms with Crippen LogP contribution in [0.1, 0.15) is 12.8 Å². The number of nitrogens with one attached hydrogen (secondary N) is 1. The van der Waals surface area contributed by atoms with Gasteiger partial charge in [-0.3, -0.25) is 0 Å². The van der Waals surface area contributed by atoms with Crippen LogP contribution in [0.25, 0.3) is 0 Å². The van der Waals surface area contributed by atoms with E-state index in [0.717, 1.165) is 35.2 Å². The first-order chi connectivity index (χ1) is 10.1. The quantitative estimate of drug-likeness (QED) is 0.770. The van der Waals surface area contributed by atoms with E-state index in [2.05, 4.69) is 47.8 Å². The lowest BCUT2D eigenvalue weighted by Gasteiger charge is -2.16.